The Labute approximate surface area is 180 Å². The Balaban J connectivity index is -0.0000000623. The van der Waals surface area contributed by atoms with Crippen LogP contribution < -0.4 is 34.7 Å². The number of carboxylic acids is 1. The fraction of sp³-hybridized carbons (Fsp3) is 0.100. The summed E-state index contributed by atoms with van der Waals surface area (Å²) in [5.41, 5.74) is 0.0810. The van der Waals surface area contributed by atoms with Crippen molar-refractivity contribution >= 4 is 62.6 Å². The van der Waals surface area contributed by atoms with Gasteiger partial charge in [0.25, 0.3) is 0 Å². The average molecular weight is 689 g/mol. The number of benzene rings is 1. The fourth-order valence-electron chi connectivity index (χ4n) is 0.635. The second-order valence-corrected chi connectivity index (χ2v) is 2.22. The van der Waals surface area contributed by atoms with Crippen LogP contribution in [0.25, 0.3) is 0 Å². The van der Waals surface area contributed by atoms with Gasteiger partial charge in [-0.05, 0) is 5.56 Å². The fourth-order valence-corrected chi connectivity index (χ4v) is 0.865. The van der Waals surface area contributed by atoms with Crippen molar-refractivity contribution in [1.29, 1.82) is 0 Å². The van der Waals surface area contributed by atoms with E-state index in [0.717, 1.165) is 0 Å². The molecule has 0 aliphatic heterocycles. The van der Waals surface area contributed by atoms with Gasteiger partial charge < -0.3 is 34.2 Å². The summed E-state index contributed by atoms with van der Waals surface area (Å²) in [6.45, 7) is 7.00. The molecule has 0 saturated heterocycles. The van der Waals surface area contributed by atoms with Gasteiger partial charge in [0.2, 0.25) is 0 Å². The van der Waals surface area contributed by atoms with Gasteiger partial charge >= 0.3 is 57.2 Å². The van der Waals surface area contributed by atoms with Crippen LogP contribution in [0, 0.1) is 6.92 Å². The van der Waals surface area contributed by atoms with E-state index in [1.807, 2.05) is 6.79 Å². The van der Waals surface area contributed by atoms with Crippen molar-refractivity contribution in [3.05, 3.63) is 36.8 Å². The summed E-state index contributed by atoms with van der Waals surface area (Å²) in [6.07, 6.45) is 0. The summed E-state index contributed by atoms with van der Waals surface area (Å²) in [7, 11) is 0. The number of hydrogen-bond acceptors (Lipinski definition) is 4. The van der Waals surface area contributed by atoms with Crippen LogP contribution in [-0.4, -0.2) is 12.8 Å². The molecule has 0 fully saturated rings. The molecule has 8 heteroatoms. The van der Waals surface area contributed by atoms with Crippen LogP contribution in [-0.2, 0) is 45.1 Å². The molecule has 0 aliphatic carbocycles. The maximum absolute atomic E-state index is 10.2. The van der Waals surface area contributed by atoms with Gasteiger partial charge in [0.1, 0.15) is 6.79 Å². The number of halogens is 2. The van der Waals surface area contributed by atoms with E-state index < -0.39 is 5.97 Å². The number of carboxylic acid groups (broad SMARTS) is 1. The first-order valence-corrected chi connectivity index (χ1v) is 10.5. The van der Waals surface area contributed by atoms with Gasteiger partial charge in [0.05, 0.1) is 5.97 Å². The van der Waals surface area contributed by atoms with E-state index in [1.165, 1.54) is 6.07 Å². The molecule has 92 valence electrons. The number of rotatable bonds is 1. The van der Waals surface area contributed by atoms with Crippen LogP contribution in [0.4, 0.5) is 0 Å². The van der Waals surface area contributed by atoms with Crippen LogP contribution in [0.5, 0.6) is 0 Å². The van der Waals surface area contributed by atoms with Gasteiger partial charge in [-0.3, -0.25) is 0 Å². The molecule has 0 saturated carbocycles. The molecule has 0 heterocycles. The van der Waals surface area contributed by atoms with E-state index in [1.54, 1.807) is 25.1 Å². The Kier molecular flexibility index (Phi) is 48.7. The maximum atomic E-state index is 10.2. The van der Waals surface area contributed by atoms with Crippen molar-refractivity contribution in [3.63, 3.8) is 0 Å². The Bertz CT molecular complexity index is 294. The minimum Gasteiger partial charge on any atom is -0.779 e. The van der Waals surface area contributed by atoms with E-state index in [9.17, 15) is 9.90 Å². The third kappa shape index (κ3) is 18.0. The summed E-state index contributed by atoms with van der Waals surface area (Å²) in [4.78, 5) is 18.6. The van der Waals surface area contributed by atoms with Crippen molar-refractivity contribution < 1.29 is 71.9 Å². The Hall–Kier alpha value is 1.98. The standard InChI is InChI=1S/C7H6O2S.C2H5.CH2O.Hg.I2.Na/c8-7(9)5-3-1-2-4-6(5)10;2*1-2;;1-2;/h1-4,10H,(H,8,9);1H2,2H3;1H2;;;/q;-1;;+2;;+1/p-2. The minimum atomic E-state index is -1.22. The van der Waals surface area contributed by atoms with E-state index >= 15 is 0 Å². The first kappa shape index (κ1) is 32.1. The molecule has 1 rings (SSSR count). The van der Waals surface area contributed by atoms with Gasteiger partial charge in [0, 0.05) is 37.2 Å². The van der Waals surface area contributed by atoms with Gasteiger partial charge in [-0.15, -0.1) is 0 Å². The largest absolute Gasteiger partial charge is 2.00 e. The Morgan fingerprint density at radius 2 is 1.61 bits per heavy atom. The van der Waals surface area contributed by atoms with E-state index in [0.29, 0.717) is 4.90 Å². The predicted molar refractivity (Wildman–Crippen MR) is 82.6 cm³/mol. The molecule has 0 unspecified atom stereocenters. The van der Waals surface area contributed by atoms with Crippen molar-refractivity contribution in [2.24, 2.45) is 0 Å². The molecule has 1 aromatic rings. The zero-order valence-corrected chi connectivity index (χ0v) is 22.9. The van der Waals surface area contributed by atoms with Crippen LogP contribution >= 0.6 is 37.2 Å². The molecule has 0 aromatic heterocycles. The van der Waals surface area contributed by atoms with Gasteiger partial charge in [-0.25, -0.2) is 0 Å². The van der Waals surface area contributed by atoms with Gasteiger partial charge in [-0.1, -0.05) is 24.3 Å². The third-order valence-electron chi connectivity index (χ3n) is 1.11. The van der Waals surface area contributed by atoms with E-state index in [2.05, 4.69) is 44.2 Å². The van der Waals surface area contributed by atoms with Crippen LogP contribution in [0.3, 0.4) is 0 Å². The summed E-state index contributed by atoms with van der Waals surface area (Å²) < 4.78 is 0. The summed E-state index contributed by atoms with van der Waals surface area (Å²) in [6, 6.07) is 6.29. The van der Waals surface area contributed by atoms with E-state index in [-0.39, 0.29) is 62.8 Å². The average Bonchev–Trinajstić information content (AvgIpc) is 2.37. The zero-order valence-electron chi connectivity index (χ0n) is 10.3. The third-order valence-corrected chi connectivity index (χ3v) is 1.46. The number of hydrogen-bond donors (Lipinski definition) is 0. The molecule has 0 spiro atoms. The van der Waals surface area contributed by atoms with Crippen molar-refractivity contribution in [1.82, 2.24) is 0 Å². The van der Waals surface area contributed by atoms with Crippen LogP contribution in [0.1, 0.15) is 17.3 Å². The molecule has 3 nitrogen and oxygen atoms in total. The molecular formula is C10H11HgI2NaO3S. The monoisotopic (exact) mass is 690 g/mol. The summed E-state index contributed by atoms with van der Waals surface area (Å²) in [5.74, 6) is -1.22. The molecule has 0 aliphatic rings. The van der Waals surface area contributed by atoms with Crippen molar-refractivity contribution in [3.8, 4) is 0 Å². The maximum Gasteiger partial charge on any atom is 2.00 e. The first-order valence-electron chi connectivity index (χ1n) is 3.83. The molecule has 1 aromatic carbocycles. The molecule has 0 N–H and O–H groups in total. The number of carbonyl (C=O) groups excluding carboxylic acids is 2. The second kappa shape index (κ2) is 27.3. The molecule has 18 heavy (non-hydrogen) atoms. The quantitative estimate of drug-likeness (QED) is 0.171. The van der Waals surface area contributed by atoms with E-state index in [4.69, 9.17) is 17.4 Å². The SMILES string of the molecule is C=O.II.O=C([O-])c1ccccc1[S-].[CH2-]C.[Hg+2].[Na+]. The number of carbonyl (C=O) groups is 2. The molecule has 0 radical (unpaired) electrons. The molecular weight excluding hydrogens is 678 g/mol. The van der Waals surface area contributed by atoms with Gasteiger partial charge in [-0.2, -0.15) is 11.8 Å². The van der Waals surface area contributed by atoms with Crippen molar-refractivity contribution in [2.75, 3.05) is 0 Å². The van der Waals surface area contributed by atoms with Crippen LogP contribution in [0.2, 0.25) is 0 Å². The van der Waals surface area contributed by atoms with Crippen molar-refractivity contribution in [2.45, 2.75) is 11.8 Å². The summed E-state index contributed by atoms with van der Waals surface area (Å²) in [5, 5.41) is 10.2. The molecule has 0 bridgehead atoms. The Morgan fingerprint density at radius 3 is 1.83 bits per heavy atom. The van der Waals surface area contributed by atoms with Crippen LogP contribution in [0.15, 0.2) is 29.2 Å². The summed E-state index contributed by atoms with van der Waals surface area (Å²) >= 11 is 8.95. The zero-order chi connectivity index (χ0) is 13.6. The minimum absolute atomic E-state index is 0. The molecule has 0 amide bonds. The number of aromatic carboxylic acids is 1. The topological polar surface area (TPSA) is 57.2 Å². The van der Waals surface area contributed by atoms with Gasteiger partial charge in [0.15, 0.2) is 0 Å². The predicted octanol–water partition coefficient (Wildman–Crippen LogP) is -0.616. The molecule has 0 atom stereocenters. The normalized spacial score (nSPS) is 6.00. The first-order chi connectivity index (χ1) is 7.72. The Morgan fingerprint density at radius 1 is 1.28 bits per heavy atom. The smallest absolute Gasteiger partial charge is 0.779 e. The second-order valence-electron chi connectivity index (χ2n) is 1.78.